The van der Waals surface area contributed by atoms with Crippen LogP contribution in [0, 0.1) is 28.6 Å². The first kappa shape index (κ1) is 18.5. The lowest BCUT2D eigenvalue weighted by molar-refractivity contribution is -0.128. The molecule has 1 unspecified atom stereocenters. The Morgan fingerprint density at radius 2 is 1.92 bits per heavy atom. The Morgan fingerprint density at radius 1 is 1.19 bits per heavy atom. The highest BCUT2D eigenvalue weighted by Gasteiger charge is 2.58. The van der Waals surface area contributed by atoms with Crippen LogP contribution >= 0.6 is 0 Å². The van der Waals surface area contributed by atoms with Gasteiger partial charge in [-0.3, -0.25) is 8.98 Å². The molecule has 1 aliphatic heterocycles. The van der Waals surface area contributed by atoms with Crippen molar-refractivity contribution in [2.45, 2.75) is 58.5 Å². The van der Waals surface area contributed by atoms with Gasteiger partial charge in [-0.15, -0.1) is 0 Å². The van der Waals surface area contributed by atoms with Crippen molar-refractivity contribution in [3.63, 3.8) is 0 Å². The molecule has 0 spiro atoms. The Hall–Kier alpha value is -0.880. The Balaban J connectivity index is 1.70. The quantitative estimate of drug-likeness (QED) is 0.688. The standard InChI is InChI=1S/C20H31NO4S/c1-19-8-5-6-14(19)13-12-21(3)18-10-16(22)17(25-26(4,23)24)11-20(18,2)15(13)7-9-19/h10,13-15,17H,5-9,11-12H2,1-4H3/t13-,14-,15-,17?,19-,20+/m0/s1. The maximum absolute atomic E-state index is 12.5. The largest absolute Gasteiger partial charge is 0.377 e. The van der Waals surface area contributed by atoms with Crippen LogP contribution in [0.5, 0.6) is 0 Å². The highest BCUT2D eigenvalue weighted by atomic mass is 32.2. The molecular formula is C20H31NO4S. The molecule has 146 valence electrons. The summed E-state index contributed by atoms with van der Waals surface area (Å²) in [5, 5.41) is 0. The van der Waals surface area contributed by atoms with Gasteiger partial charge in [0.2, 0.25) is 0 Å². The number of rotatable bonds is 2. The fourth-order valence-corrected chi connectivity index (χ4v) is 7.49. The lowest BCUT2D eigenvalue weighted by Gasteiger charge is -2.60. The third-order valence-corrected chi connectivity index (χ3v) is 8.60. The molecule has 3 fully saturated rings. The van der Waals surface area contributed by atoms with Crippen molar-refractivity contribution < 1.29 is 17.4 Å². The van der Waals surface area contributed by atoms with Crippen LogP contribution in [-0.4, -0.2) is 45.1 Å². The summed E-state index contributed by atoms with van der Waals surface area (Å²) >= 11 is 0. The molecule has 0 radical (unpaired) electrons. The minimum Gasteiger partial charge on any atom is -0.377 e. The normalized spacial score (nSPS) is 45.6. The van der Waals surface area contributed by atoms with E-state index in [2.05, 4.69) is 25.8 Å². The molecule has 1 saturated heterocycles. The Kier molecular flexibility index (Phi) is 4.13. The van der Waals surface area contributed by atoms with Crippen LogP contribution in [0.3, 0.4) is 0 Å². The number of allylic oxidation sites excluding steroid dienone is 1. The van der Waals surface area contributed by atoms with Gasteiger partial charge >= 0.3 is 0 Å². The van der Waals surface area contributed by atoms with Gasteiger partial charge < -0.3 is 4.90 Å². The summed E-state index contributed by atoms with van der Waals surface area (Å²) in [6.45, 7) is 5.71. The molecule has 1 heterocycles. The molecule has 4 aliphatic rings. The lowest BCUT2D eigenvalue weighted by atomic mass is 9.50. The number of likely N-dealkylation sites (tertiary alicyclic amines) is 1. The molecule has 26 heavy (non-hydrogen) atoms. The third-order valence-electron chi connectivity index (χ3n) is 8.01. The maximum Gasteiger partial charge on any atom is 0.265 e. The summed E-state index contributed by atoms with van der Waals surface area (Å²) in [7, 11) is -1.56. The van der Waals surface area contributed by atoms with Crippen LogP contribution in [0.25, 0.3) is 0 Å². The zero-order valence-electron chi connectivity index (χ0n) is 16.3. The molecule has 0 amide bonds. The fraction of sp³-hybridized carbons (Fsp3) is 0.850. The van der Waals surface area contributed by atoms with Gasteiger partial charge in [0.1, 0.15) is 6.10 Å². The van der Waals surface area contributed by atoms with E-state index in [-0.39, 0.29) is 11.2 Å². The second kappa shape index (κ2) is 5.81. The van der Waals surface area contributed by atoms with Crippen molar-refractivity contribution in [2.24, 2.45) is 28.6 Å². The third kappa shape index (κ3) is 2.75. The second-order valence-electron chi connectivity index (χ2n) is 9.68. The van der Waals surface area contributed by atoms with E-state index in [1.807, 2.05) is 0 Å². The molecule has 2 saturated carbocycles. The molecule has 0 aromatic carbocycles. The molecule has 0 bridgehead atoms. The molecule has 0 aromatic heterocycles. The summed E-state index contributed by atoms with van der Waals surface area (Å²) in [4.78, 5) is 14.8. The molecule has 5 nitrogen and oxygen atoms in total. The van der Waals surface area contributed by atoms with E-state index >= 15 is 0 Å². The molecule has 3 aliphatic carbocycles. The predicted molar refractivity (Wildman–Crippen MR) is 99.8 cm³/mol. The number of carbonyl (C=O) groups is 1. The number of hydrogen-bond donors (Lipinski definition) is 0. The molecule has 0 aromatic rings. The average molecular weight is 382 g/mol. The zero-order valence-corrected chi connectivity index (χ0v) is 17.1. The summed E-state index contributed by atoms with van der Waals surface area (Å²) < 4.78 is 28.5. The summed E-state index contributed by atoms with van der Waals surface area (Å²) in [6.07, 6.45) is 8.68. The highest BCUT2D eigenvalue weighted by Crippen LogP contribution is 2.63. The molecule has 6 atom stereocenters. The van der Waals surface area contributed by atoms with Gasteiger partial charge in [-0.2, -0.15) is 8.42 Å². The van der Waals surface area contributed by atoms with Gasteiger partial charge in [-0.25, -0.2) is 0 Å². The van der Waals surface area contributed by atoms with Crippen molar-refractivity contribution in [1.82, 2.24) is 4.90 Å². The summed E-state index contributed by atoms with van der Waals surface area (Å²) in [5.41, 5.74) is 1.36. The predicted octanol–water partition coefficient (Wildman–Crippen LogP) is 2.97. The molecule has 4 rings (SSSR count). The topological polar surface area (TPSA) is 63.7 Å². The van der Waals surface area contributed by atoms with Crippen LogP contribution in [-0.2, 0) is 19.1 Å². The van der Waals surface area contributed by atoms with Crippen molar-refractivity contribution >= 4 is 15.9 Å². The van der Waals surface area contributed by atoms with Gasteiger partial charge in [0, 0.05) is 30.8 Å². The van der Waals surface area contributed by atoms with Gasteiger partial charge in [-0.1, -0.05) is 20.3 Å². The monoisotopic (exact) mass is 381 g/mol. The van der Waals surface area contributed by atoms with Crippen LogP contribution < -0.4 is 0 Å². The van der Waals surface area contributed by atoms with Crippen molar-refractivity contribution in [2.75, 3.05) is 19.8 Å². The number of carbonyl (C=O) groups excluding carboxylic acids is 1. The average Bonchev–Trinajstić information content (AvgIpc) is 2.90. The highest BCUT2D eigenvalue weighted by molar-refractivity contribution is 7.86. The van der Waals surface area contributed by atoms with Gasteiger partial charge in [0.25, 0.3) is 10.1 Å². The van der Waals surface area contributed by atoms with E-state index in [9.17, 15) is 13.2 Å². The van der Waals surface area contributed by atoms with E-state index in [1.165, 1.54) is 32.1 Å². The Morgan fingerprint density at radius 3 is 2.62 bits per heavy atom. The van der Waals surface area contributed by atoms with Crippen LogP contribution in [0.1, 0.15) is 52.4 Å². The van der Waals surface area contributed by atoms with E-state index in [1.54, 1.807) is 6.08 Å². The van der Waals surface area contributed by atoms with E-state index in [0.29, 0.717) is 23.7 Å². The van der Waals surface area contributed by atoms with E-state index < -0.39 is 16.2 Å². The smallest absolute Gasteiger partial charge is 0.265 e. The van der Waals surface area contributed by atoms with Gasteiger partial charge in [0.15, 0.2) is 5.78 Å². The summed E-state index contributed by atoms with van der Waals surface area (Å²) in [5.74, 6) is 1.65. The van der Waals surface area contributed by atoms with E-state index in [4.69, 9.17) is 4.18 Å². The minimum absolute atomic E-state index is 0.190. The first-order valence-corrected chi connectivity index (χ1v) is 11.7. The first-order valence-electron chi connectivity index (χ1n) is 9.89. The first-order chi connectivity index (χ1) is 12.0. The van der Waals surface area contributed by atoms with Crippen LogP contribution in [0.4, 0.5) is 0 Å². The number of piperidine rings is 1. The fourth-order valence-electron chi connectivity index (χ4n) is 6.90. The zero-order chi connectivity index (χ0) is 18.9. The SMILES string of the molecule is CN1C[C@H]2[C@@H]3CCC[C@@]3(C)CC[C@@H]2[C@@]2(C)CC(OS(C)(=O)=O)C(=O)C=C12. The van der Waals surface area contributed by atoms with Crippen molar-refractivity contribution in [3.8, 4) is 0 Å². The summed E-state index contributed by atoms with van der Waals surface area (Å²) in [6, 6.07) is 0. The minimum atomic E-state index is -3.65. The Labute approximate surface area is 157 Å². The molecular weight excluding hydrogens is 350 g/mol. The van der Waals surface area contributed by atoms with Crippen LogP contribution in [0.15, 0.2) is 11.8 Å². The molecule has 0 N–H and O–H groups in total. The van der Waals surface area contributed by atoms with Gasteiger partial charge in [0.05, 0.1) is 6.26 Å². The number of hydrogen-bond acceptors (Lipinski definition) is 5. The van der Waals surface area contributed by atoms with Crippen molar-refractivity contribution in [1.29, 1.82) is 0 Å². The number of ketones is 1. The second-order valence-corrected chi connectivity index (χ2v) is 11.3. The van der Waals surface area contributed by atoms with E-state index in [0.717, 1.165) is 24.4 Å². The molecule has 6 heteroatoms. The van der Waals surface area contributed by atoms with Crippen LogP contribution in [0.2, 0.25) is 0 Å². The number of nitrogens with zero attached hydrogens (tertiary/aromatic N) is 1. The van der Waals surface area contributed by atoms with Crippen molar-refractivity contribution in [3.05, 3.63) is 11.8 Å². The Bertz CT molecular complexity index is 760. The maximum atomic E-state index is 12.5. The number of fused-ring (bicyclic) bond motifs is 5. The lowest BCUT2D eigenvalue weighted by Crippen LogP contribution is -2.58. The van der Waals surface area contributed by atoms with Gasteiger partial charge in [-0.05, 0) is 55.3 Å².